The Balaban J connectivity index is 1.74. The zero-order valence-electron chi connectivity index (χ0n) is 15.9. The van der Waals surface area contributed by atoms with E-state index >= 15 is 0 Å². The molecule has 28 heavy (non-hydrogen) atoms. The van der Waals surface area contributed by atoms with Crippen molar-refractivity contribution in [2.75, 3.05) is 6.54 Å². The first-order valence-electron chi connectivity index (χ1n) is 9.45. The molecule has 0 spiro atoms. The lowest BCUT2D eigenvalue weighted by atomic mass is 10.2. The predicted octanol–water partition coefficient (Wildman–Crippen LogP) is 3.69. The molecule has 1 fully saturated rings. The average molecular weight is 378 g/mol. The first kappa shape index (κ1) is 18.2. The zero-order chi connectivity index (χ0) is 19.8. The molecule has 0 aliphatic carbocycles. The summed E-state index contributed by atoms with van der Waals surface area (Å²) in [5, 5.41) is 9.16. The van der Waals surface area contributed by atoms with E-state index in [1.807, 2.05) is 24.3 Å². The van der Waals surface area contributed by atoms with Crippen LogP contribution in [0.5, 0.6) is 0 Å². The van der Waals surface area contributed by atoms with Crippen molar-refractivity contribution >= 4 is 22.9 Å². The van der Waals surface area contributed by atoms with Crippen molar-refractivity contribution in [2.45, 2.75) is 38.8 Å². The van der Waals surface area contributed by atoms with Crippen LogP contribution in [0.4, 0.5) is 0 Å². The molecule has 1 unspecified atom stereocenters. The highest BCUT2D eigenvalue weighted by molar-refractivity contribution is 5.94. The third-order valence-electron chi connectivity index (χ3n) is 5.14. The van der Waals surface area contributed by atoms with Crippen molar-refractivity contribution in [1.29, 1.82) is 0 Å². The number of carboxylic acid groups (broad SMARTS) is 1. The summed E-state index contributed by atoms with van der Waals surface area (Å²) in [6, 6.07) is 12.5. The number of hydrogen-bond acceptors (Lipinski definition) is 4. The van der Waals surface area contributed by atoms with Crippen molar-refractivity contribution in [3.63, 3.8) is 0 Å². The molecule has 2 aromatic heterocycles. The van der Waals surface area contributed by atoms with Crippen molar-refractivity contribution < 1.29 is 14.7 Å². The van der Waals surface area contributed by atoms with Crippen molar-refractivity contribution in [2.24, 2.45) is 0 Å². The SMILES string of the molecule is CC(C)n1c(C2CCCN2C(=O)c2cccc(C(=O)O)n2)nc2ccccc21. The number of para-hydroxylation sites is 2. The van der Waals surface area contributed by atoms with Crippen LogP contribution in [-0.4, -0.2) is 43.0 Å². The van der Waals surface area contributed by atoms with Crippen molar-refractivity contribution in [1.82, 2.24) is 19.4 Å². The van der Waals surface area contributed by atoms with Crippen LogP contribution in [0.2, 0.25) is 0 Å². The molecule has 1 N–H and O–H groups in total. The Labute approximate surface area is 162 Å². The number of amides is 1. The van der Waals surface area contributed by atoms with E-state index in [-0.39, 0.29) is 29.4 Å². The molecule has 0 saturated carbocycles. The largest absolute Gasteiger partial charge is 0.477 e. The Morgan fingerprint density at radius 2 is 1.82 bits per heavy atom. The second-order valence-electron chi connectivity index (χ2n) is 7.29. The molecule has 7 heteroatoms. The van der Waals surface area contributed by atoms with Crippen LogP contribution in [-0.2, 0) is 0 Å². The number of pyridine rings is 1. The molecule has 1 aliphatic rings. The van der Waals surface area contributed by atoms with E-state index < -0.39 is 5.97 Å². The van der Waals surface area contributed by atoms with Crippen LogP contribution in [0, 0.1) is 0 Å². The Hall–Kier alpha value is -3.22. The number of benzene rings is 1. The molecule has 7 nitrogen and oxygen atoms in total. The number of rotatable bonds is 4. The highest BCUT2D eigenvalue weighted by Gasteiger charge is 2.35. The van der Waals surface area contributed by atoms with Gasteiger partial charge in [0.2, 0.25) is 0 Å². The number of fused-ring (bicyclic) bond motifs is 1. The second kappa shape index (κ2) is 7.07. The fraction of sp³-hybridized carbons (Fsp3) is 0.333. The summed E-state index contributed by atoms with van der Waals surface area (Å²) in [7, 11) is 0. The van der Waals surface area contributed by atoms with E-state index in [9.17, 15) is 9.59 Å². The maximum atomic E-state index is 13.1. The zero-order valence-corrected chi connectivity index (χ0v) is 15.9. The Kier molecular flexibility index (Phi) is 4.58. The highest BCUT2D eigenvalue weighted by Crippen LogP contribution is 2.35. The van der Waals surface area contributed by atoms with Gasteiger partial charge in [-0.15, -0.1) is 0 Å². The van der Waals surface area contributed by atoms with Crippen LogP contribution < -0.4 is 0 Å². The van der Waals surface area contributed by atoms with Gasteiger partial charge < -0.3 is 14.6 Å². The number of nitrogens with zero attached hydrogens (tertiary/aromatic N) is 4. The number of likely N-dealkylation sites (tertiary alicyclic amines) is 1. The number of hydrogen-bond donors (Lipinski definition) is 1. The molecule has 4 rings (SSSR count). The van der Waals surface area contributed by atoms with Gasteiger partial charge in [0.25, 0.3) is 5.91 Å². The third-order valence-corrected chi connectivity index (χ3v) is 5.14. The average Bonchev–Trinajstić information content (AvgIpc) is 3.31. The lowest BCUT2D eigenvalue weighted by Crippen LogP contribution is -2.33. The minimum Gasteiger partial charge on any atom is -0.477 e. The van der Waals surface area contributed by atoms with Gasteiger partial charge in [0, 0.05) is 12.6 Å². The molecule has 1 aliphatic heterocycles. The van der Waals surface area contributed by atoms with E-state index in [1.165, 1.54) is 6.07 Å². The van der Waals surface area contributed by atoms with Gasteiger partial charge in [0.1, 0.15) is 17.2 Å². The predicted molar refractivity (Wildman–Crippen MR) is 104 cm³/mol. The normalized spacial score (nSPS) is 16.8. The van der Waals surface area contributed by atoms with Crippen molar-refractivity contribution in [3.05, 3.63) is 59.7 Å². The van der Waals surface area contributed by atoms with E-state index in [2.05, 4.69) is 23.4 Å². The van der Waals surface area contributed by atoms with E-state index in [4.69, 9.17) is 10.1 Å². The number of carbonyl (C=O) groups excluding carboxylic acids is 1. The fourth-order valence-corrected chi connectivity index (χ4v) is 3.94. The summed E-state index contributed by atoms with van der Waals surface area (Å²) < 4.78 is 2.19. The first-order valence-corrected chi connectivity index (χ1v) is 9.45. The van der Waals surface area contributed by atoms with Crippen molar-refractivity contribution in [3.8, 4) is 0 Å². The number of imidazole rings is 1. The number of carboxylic acids is 1. The number of aromatic nitrogens is 3. The molecular weight excluding hydrogens is 356 g/mol. The summed E-state index contributed by atoms with van der Waals surface area (Å²) in [5.74, 6) is -0.529. The minimum atomic E-state index is -1.14. The van der Waals surface area contributed by atoms with Gasteiger partial charge in [-0.3, -0.25) is 4.79 Å². The summed E-state index contributed by atoms with van der Waals surface area (Å²) >= 11 is 0. The van der Waals surface area contributed by atoms with Gasteiger partial charge >= 0.3 is 5.97 Å². The summed E-state index contributed by atoms with van der Waals surface area (Å²) in [5.41, 5.74) is 1.99. The Morgan fingerprint density at radius 1 is 1.07 bits per heavy atom. The number of aromatic carboxylic acids is 1. The van der Waals surface area contributed by atoms with Gasteiger partial charge in [-0.2, -0.15) is 0 Å². The molecule has 3 aromatic rings. The van der Waals surface area contributed by atoms with Gasteiger partial charge in [-0.25, -0.2) is 14.8 Å². The molecule has 144 valence electrons. The third kappa shape index (κ3) is 3.02. The van der Waals surface area contributed by atoms with Gasteiger partial charge in [0.05, 0.1) is 17.1 Å². The lowest BCUT2D eigenvalue weighted by Gasteiger charge is -2.26. The smallest absolute Gasteiger partial charge is 0.354 e. The van der Waals surface area contributed by atoms with Gasteiger partial charge in [-0.1, -0.05) is 18.2 Å². The first-order chi connectivity index (χ1) is 13.5. The van der Waals surface area contributed by atoms with Crippen LogP contribution in [0.1, 0.15) is 65.6 Å². The van der Waals surface area contributed by atoms with Crippen LogP contribution >= 0.6 is 0 Å². The molecule has 1 aromatic carbocycles. The molecule has 1 amide bonds. The molecule has 1 atom stereocenters. The van der Waals surface area contributed by atoms with Crippen LogP contribution in [0.25, 0.3) is 11.0 Å². The van der Waals surface area contributed by atoms with Crippen LogP contribution in [0.15, 0.2) is 42.5 Å². The summed E-state index contributed by atoms with van der Waals surface area (Å²) in [6.45, 7) is 4.82. The minimum absolute atomic E-state index is 0.129. The van der Waals surface area contributed by atoms with Crippen LogP contribution in [0.3, 0.4) is 0 Å². The van der Waals surface area contributed by atoms with Gasteiger partial charge in [-0.05, 0) is 51.0 Å². The van der Waals surface area contributed by atoms with Gasteiger partial charge in [0.15, 0.2) is 0 Å². The standard InChI is InChI=1S/C21H22N4O3/c1-13(2)25-17-10-4-3-7-14(17)23-19(25)18-11-6-12-24(18)20(26)15-8-5-9-16(22-15)21(27)28/h3-5,7-10,13,18H,6,11-12H2,1-2H3,(H,27,28). The molecule has 0 radical (unpaired) electrons. The second-order valence-corrected chi connectivity index (χ2v) is 7.29. The topological polar surface area (TPSA) is 88.3 Å². The number of carbonyl (C=O) groups is 2. The van der Waals surface area contributed by atoms with E-state index in [1.54, 1.807) is 17.0 Å². The maximum Gasteiger partial charge on any atom is 0.354 e. The lowest BCUT2D eigenvalue weighted by molar-refractivity contribution is 0.0689. The quantitative estimate of drug-likeness (QED) is 0.748. The fourth-order valence-electron chi connectivity index (χ4n) is 3.94. The maximum absolute atomic E-state index is 13.1. The molecular formula is C21H22N4O3. The molecule has 3 heterocycles. The molecule has 1 saturated heterocycles. The molecule has 0 bridgehead atoms. The monoisotopic (exact) mass is 378 g/mol. The summed E-state index contributed by atoms with van der Waals surface area (Å²) in [6.07, 6.45) is 1.69. The Morgan fingerprint density at radius 3 is 2.57 bits per heavy atom. The highest BCUT2D eigenvalue weighted by atomic mass is 16.4. The summed E-state index contributed by atoms with van der Waals surface area (Å²) in [4.78, 5) is 35.0. The Bertz CT molecular complexity index is 1060. The van der Waals surface area contributed by atoms with E-state index in [0.717, 1.165) is 29.7 Å². The van der Waals surface area contributed by atoms with E-state index in [0.29, 0.717) is 6.54 Å².